The second-order valence-corrected chi connectivity index (χ2v) is 9.04. The van der Waals surface area contributed by atoms with Gasteiger partial charge in [0, 0.05) is 50.5 Å². The van der Waals surface area contributed by atoms with E-state index < -0.39 is 10.0 Å². The summed E-state index contributed by atoms with van der Waals surface area (Å²) in [6.07, 6.45) is 1.46. The lowest BCUT2D eigenvalue weighted by molar-refractivity contribution is 0.0950. The van der Waals surface area contributed by atoms with Crippen LogP contribution in [0.15, 0.2) is 66.1 Å². The molecule has 0 saturated carbocycles. The van der Waals surface area contributed by atoms with E-state index in [2.05, 4.69) is 39.5 Å². The topological polar surface area (TPSA) is 81.7 Å². The summed E-state index contributed by atoms with van der Waals surface area (Å²) in [6, 6.07) is 14.1. The average Bonchev–Trinajstić information content (AvgIpc) is 2.77. The number of benzene rings is 2. The number of nitrogens with one attached hydrogen (secondary N) is 2. The zero-order valence-electron chi connectivity index (χ0n) is 17.2. The molecule has 8 heteroatoms. The first-order valence-corrected chi connectivity index (χ1v) is 11.4. The third-order valence-electron chi connectivity index (χ3n) is 5.10. The average molecular weight is 429 g/mol. The van der Waals surface area contributed by atoms with Gasteiger partial charge in [-0.25, -0.2) is 13.1 Å². The van der Waals surface area contributed by atoms with Crippen molar-refractivity contribution in [3.8, 4) is 0 Å². The third-order valence-corrected chi connectivity index (χ3v) is 6.52. The Bertz CT molecular complexity index is 999. The van der Waals surface area contributed by atoms with E-state index in [-0.39, 0.29) is 17.3 Å². The van der Waals surface area contributed by atoms with Crippen molar-refractivity contribution in [2.45, 2.75) is 11.4 Å². The highest BCUT2D eigenvalue weighted by Gasteiger charge is 2.18. The van der Waals surface area contributed by atoms with E-state index in [9.17, 15) is 13.2 Å². The molecule has 0 radical (unpaired) electrons. The highest BCUT2D eigenvalue weighted by atomic mass is 32.2. The molecule has 1 heterocycles. The fourth-order valence-corrected chi connectivity index (χ4v) is 4.39. The standard InChI is InChI=1S/C22H28N4O3S/c1-3-11-24-30(28,29)20-9-6-8-18(16-20)22(27)23-17-19-7-4-5-10-21(19)26-14-12-25(2)13-15-26/h3-10,16,24H,1,11-15,17H2,2H3,(H,23,27). The second kappa shape index (κ2) is 9.88. The van der Waals surface area contributed by atoms with Crippen LogP contribution in [0.3, 0.4) is 0 Å². The number of para-hydroxylation sites is 1. The Balaban J connectivity index is 1.70. The highest BCUT2D eigenvalue weighted by Crippen LogP contribution is 2.22. The van der Waals surface area contributed by atoms with E-state index in [4.69, 9.17) is 0 Å². The van der Waals surface area contributed by atoms with Gasteiger partial charge in [-0.1, -0.05) is 30.3 Å². The van der Waals surface area contributed by atoms with Gasteiger partial charge in [0.2, 0.25) is 10.0 Å². The SMILES string of the molecule is C=CCNS(=O)(=O)c1cccc(C(=O)NCc2ccccc2N2CCN(C)CC2)c1. The van der Waals surface area contributed by atoms with Crippen molar-refractivity contribution < 1.29 is 13.2 Å². The lowest BCUT2D eigenvalue weighted by Crippen LogP contribution is -2.45. The normalized spacial score (nSPS) is 15.0. The van der Waals surface area contributed by atoms with E-state index in [1.165, 1.54) is 18.2 Å². The van der Waals surface area contributed by atoms with E-state index in [1.54, 1.807) is 12.1 Å². The molecular weight excluding hydrogens is 400 g/mol. The van der Waals surface area contributed by atoms with Crippen LogP contribution in [0.25, 0.3) is 0 Å². The molecule has 2 N–H and O–H groups in total. The number of hydrogen-bond donors (Lipinski definition) is 2. The van der Waals surface area contributed by atoms with Gasteiger partial charge in [0.1, 0.15) is 0 Å². The van der Waals surface area contributed by atoms with Crippen LogP contribution in [-0.2, 0) is 16.6 Å². The number of rotatable bonds is 8. The van der Waals surface area contributed by atoms with Crippen molar-refractivity contribution in [1.82, 2.24) is 14.9 Å². The Kier molecular flexibility index (Phi) is 7.25. The van der Waals surface area contributed by atoms with Gasteiger partial charge >= 0.3 is 0 Å². The minimum Gasteiger partial charge on any atom is -0.369 e. The number of likely N-dealkylation sites (N-methyl/N-ethyl adjacent to an activating group) is 1. The van der Waals surface area contributed by atoms with Crippen LogP contribution in [0.4, 0.5) is 5.69 Å². The Morgan fingerprint density at radius 2 is 1.83 bits per heavy atom. The van der Waals surface area contributed by atoms with Gasteiger partial charge < -0.3 is 15.1 Å². The monoisotopic (exact) mass is 428 g/mol. The number of carbonyl (C=O) groups excluding carboxylic acids is 1. The number of amides is 1. The van der Waals surface area contributed by atoms with Gasteiger partial charge in [0.05, 0.1) is 4.90 Å². The molecular formula is C22H28N4O3S. The molecule has 1 aliphatic rings. The van der Waals surface area contributed by atoms with E-state index >= 15 is 0 Å². The number of piperazine rings is 1. The zero-order valence-corrected chi connectivity index (χ0v) is 18.0. The van der Waals surface area contributed by atoms with Crippen molar-refractivity contribution in [2.75, 3.05) is 44.7 Å². The molecule has 0 aliphatic carbocycles. The fraction of sp³-hybridized carbons (Fsp3) is 0.318. The summed E-state index contributed by atoms with van der Waals surface area (Å²) in [6.45, 7) is 7.89. The molecule has 2 aromatic carbocycles. The number of carbonyl (C=O) groups is 1. The van der Waals surface area contributed by atoms with Crippen LogP contribution in [0.2, 0.25) is 0 Å². The molecule has 0 bridgehead atoms. The Labute approximate surface area is 178 Å². The van der Waals surface area contributed by atoms with Crippen molar-refractivity contribution in [2.24, 2.45) is 0 Å². The quantitative estimate of drug-likeness (QED) is 0.627. The summed E-state index contributed by atoms with van der Waals surface area (Å²) in [4.78, 5) is 17.4. The molecule has 1 saturated heterocycles. The van der Waals surface area contributed by atoms with Crippen LogP contribution in [-0.4, -0.2) is 59.0 Å². The first-order valence-electron chi connectivity index (χ1n) is 9.91. The molecule has 2 aromatic rings. The summed E-state index contributed by atoms with van der Waals surface area (Å²) < 4.78 is 27.0. The summed E-state index contributed by atoms with van der Waals surface area (Å²) in [5.74, 6) is -0.316. The maximum Gasteiger partial charge on any atom is 0.251 e. The van der Waals surface area contributed by atoms with Crippen LogP contribution in [0, 0.1) is 0 Å². The predicted octanol–water partition coefficient (Wildman–Crippen LogP) is 1.83. The Morgan fingerprint density at radius 3 is 2.57 bits per heavy atom. The van der Waals surface area contributed by atoms with Crippen molar-refractivity contribution in [3.05, 3.63) is 72.3 Å². The molecule has 30 heavy (non-hydrogen) atoms. The van der Waals surface area contributed by atoms with E-state index in [0.29, 0.717) is 12.1 Å². The zero-order chi connectivity index (χ0) is 21.6. The molecule has 160 valence electrons. The number of nitrogens with zero attached hydrogens (tertiary/aromatic N) is 2. The van der Waals surface area contributed by atoms with Gasteiger partial charge in [-0.05, 0) is 36.9 Å². The molecule has 0 unspecified atom stereocenters. The van der Waals surface area contributed by atoms with Crippen molar-refractivity contribution >= 4 is 21.6 Å². The van der Waals surface area contributed by atoms with E-state index in [0.717, 1.165) is 37.4 Å². The fourth-order valence-electron chi connectivity index (χ4n) is 3.35. The second-order valence-electron chi connectivity index (χ2n) is 7.27. The summed E-state index contributed by atoms with van der Waals surface area (Å²) in [5.41, 5.74) is 2.45. The molecule has 0 atom stereocenters. The Morgan fingerprint density at radius 1 is 1.10 bits per heavy atom. The number of anilines is 1. The van der Waals surface area contributed by atoms with Gasteiger partial charge in [-0.15, -0.1) is 6.58 Å². The molecule has 0 aromatic heterocycles. The maximum absolute atomic E-state index is 12.7. The smallest absolute Gasteiger partial charge is 0.251 e. The van der Waals surface area contributed by atoms with Gasteiger partial charge in [0.25, 0.3) is 5.91 Å². The van der Waals surface area contributed by atoms with Crippen molar-refractivity contribution in [3.63, 3.8) is 0 Å². The highest BCUT2D eigenvalue weighted by molar-refractivity contribution is 7.89. The lowest BCUT2D eigenvalue weighted by atomic mass is 10.1. The minimum absolute atomic E-state index is 0.0508. The molecule has 0 spiro atoms. The number of hydrogen-bond acceptors (Lipinski definition) is 5. The van der Waals surface area contributed by atoms with Gasteiger partial charge in [-0.2, -0.15) is 0 Å². The molecule has 3 rings (SSSR count). The maximum atomic E-state index is 12.7. The van der Waals surface area contributed by atoms with Crippen LogP contribution in [0.1, 0.15) is 15.9 Å². The summed E-state index contributed by atoms with van der Waals surface area (Å²) >= 11 is 0. The first-order chi connectivity index (χ1) is 14.4. The largest absolute Gasteiger partial charge is 0.369 e. The predicted molar refractivity (Wildman–Crippen MR) is 119 cm³/mol. The van der Waals surface area contributed by atoms with Gasteiger partial charge in [0.15, 0.2) is 0 Å². The molecule has 1 fully saturated rings. The third kappa shape index (κ3) is 5.47. The molecule has 1 aliphatic heterocycles. The van der Waals surface area contributed by atoms with Crippen molar-refractivity contribution in [1.29, 1.82) is 0 Å². The number of sulfonamides is 1. The lowest BCUT2D eigenvalue weighted by Gasteiger charge is -2.35. The van der Waals surface area contributed by atoms with Crippen LogP contribution < -0.4 is 14.9 Å². The summed E-state index contributed by atoms with van der Waals surface area (Å²) in [7, 11) is -1.57. The first kappa shape index (κ1) is 22.0. The van der Waals surface area contributed by atoms with Crippen LogP contribution >= 0.6 is 0 Å². The van der Waals surface area contributed by atoms with E-state index in [1.807, 2.05) is 18.2 Å². The van der Waals surface area contributed by atoms with Crippen LogP contribution in [0.5, 0.6) is 0 Å². The van der Waals surface area contributed by atoms with Gasteiger partial charge in [-0.3, -0.25) is 4.79 Å². The molecule has 1 amide bonds. The summed E-state index contributed by atoms with van der Waals surface area (Å²) in [5, 5.41) is 2.92. The molecule has 7 nitrogen and oxygen atoms in total. The minimum atomic E-state index is -3.68. The Hall–Kier alpha value is -2.68.